The number of nitrogens with zero attached hydrogens (tertiary/aromatic N) is 3. The van der Waals surface area contributed by atoms with E-state index >= 15 is 0 Å². The molecule has 0 aromatic carbocycles. The van der Waals surface area contributed by atoms with Gasteiger partial charge in [-0.15, -0.1) is 5.10 Å². The van der Waals surface area contributed by atoms with Crippen LogP contribution in [-0.4, -0.2) is 20.6 Å². The van der Waals surface area contributed by atoms with Crippen LogP contribution in [0.1, 0.15) is 25.1 Å². The van der Waals surface area contributed by atoms with Gasteiger partial charge in [0, 0.05) is 12.2 Å². The fraction of sp³-hybridized carbons (Fsp3) is 0.455. The van der Waals surface area contributed by atoms with Gasteiger partial charge in [-0.2, -0.15) is 0 Å². The minimum Gasteiger partial charge on any atom is -0.307 e. The van der Waals surface area contributed by atoms with E-state index in [1.807, 2.05) is 22.8 Å². The largest absolute Gasteiger partial charge is 0.307 e. The van der Waals surface area contributed by atoms with E-state index in [0.29, 0.717) is 6.04 Å². The zero-order valence-corrected chi connectivity index (χ0v) is 10.4. The highest BCUT2D eigenvalue weighted by atomic mass is 79.9. The lowest BCUT2D eigenvalue weighted by Crippen LogP contribution is -2.34. The molecule has 2 heterocycles. The summed E-state index contributed by atoms with van der Waals surface area (Å²) in [6.07, 6.45) is 5.84. The Hall–Kier alpha value is -0.940. The maximum Gasteiger partial charge on any atom is 0.169 e. The number of nitrogens with one attached hydrogen (secondary N) is 1. The van der Waals surface area contributed by atoms with E-state index in [4.69, 9.17) is 0 Å². The second-order valence-corrected chi connectivity index (χ2v) is 5.02. The van der Waals surface area contributed by atoms with E-state index in [9.17, 15) is 0 Å². The number of hydrogen-bond donors (Lipinski definition) is 1. The summed E-state index contributed by atoms with van der Waals surface area (Å²) in [5, 5.41) is 7.88. The van der Waals surface area contributed by atoms with Crippen LogP contribution in [0.25, 0.3) is 5.65 Å². The lowest BCUT2D eigenvalue weighted by atomic mass is 9.93. The molecule has 2 aromatic heterocycles. The van der Waals surface area contributed by atoms with E-state index in [2.05, 4.69) is 31.3 Å². The third kappa shape index (κ3) is 1.85. The van der Waals surface area contributed by atoms with Gasteiger partial charge in [-0.1, -0.05) is 6.42 Å². The molecule has 1 saturated carbocycles. The van der Waals surface area contributed by atoms with Crippen molar-refractivity contribution < 1.29 is 0 Å². The molecule has 5 heteroatoms. The zero-order valence-electron chi connectivity index (χ0n) is 8.86. The number of fused-ring (bicyclic) bond motifs is 1. The van der Waals surface area contributed by atoms with Crippen molar-refractivity contribution in [2.75, 3.05) is 0 Å². The second kappa shape index (κ2) is 4.14. The van der Waals surface area contributed by atoms with Crippen LogP contribution < -0.4 is 5.32 Å². The Labute approximate surface area is 102 Å². The topological polar surface area (TPSA) is 42.2 Å². The highest BCUT2D eigenvalue weighted by Gasteiger charge is 2.17. The first-order chi connectivity index (χ1) is 7.83. The molecule has 0 atom stereocenters. The third-order valence-electron chi connectivity index (χ3n) is 3.01. The number of aromatic nitrogens is 3. The number of rotatable bonds is 3. The summed E-state index contributed by atoms with van der Waals surface area (Å²) in [5.74, 6) is 0.860. The molecule has 0 saturated heterocycles. The summed E-state index contributed by atoms with van der Waals surface area (Å²) in [6.45, 7) is 0.763. The summed E-state index contributed by atoms with van der Waals surface area (Å²) < 4.78 is 2.79. The summed E-state index contributed by atoms with van der Waals surface area (Å²) in [7, 11) is 0. The fourth-order valence-corrected chi connectivity index (χ4v) is 2.26. The van der Waals surface area contributed by atoms with E-state index in [1.165, 1.54) is 19.3 Å². The van der Waals surface area contributed by atoms with Crippen LogP contribution >= 0.6 is 15.9 Å². The molecule has 0 radical (unpaired) electrons. The molecule has 1 aliphatic rings. The molecule has 16 heavy (non-hydrogen) atoms. The van der Waals surface area contributed by atoms with Crippen molar-refractivity contribution in [1.29, 1.82) is 0 Å². The lowest BCUT2D eigenvalue weighted by molar-refractivity contribution is 0.335. The van der Waals surface area contributed by atoms with Crippen LogP contribution in [0, 0.1) is 0 Å². The summed E-state index contributed by atoms with van der Waals surface area (Å²) >= 11 is 3.47. The minimum atomic E-state index is 0.676. The van der Waals surface area contributed by atoms with Gasteiger partial charge in [0.25, 0.3) is 0 Å². The van der Waals surface area contributed by atoms with Gasteiger partial charge >= 0.3 is 0 Å². The number of hydrogen-bond acceptors (Lipinski definition) is 3. The third-order valence-corrected chi connectivity index (χ3v) is 3.63. The number of halogens is 1. The molecule has 0 amide bonds. The molecule has 2 aromatic rings. The average molecular weight is 281 g/mol. The smallest absolute Gasteiger partial charge is 0.169 e. The zero-order chi connectivity index (χ0) is 11.0. The first-order valence-electron chi connectivity index (χ1n) is 5.56. The van der Waals surface area contributed by atoms with Gasteiger partial charge in [-0.3, -0.25) is 0 Å². The van der Waals surface area contributed by atoms with Crippen LogP contribution in [0.5, 0.6) is 0 Å². The first-order valence-corrected chi connectivity index (χ1v) is 6.35. The molecule has 84 valence electrons. The van der Waals surface area contributed by atoms with Crippen LogP contribution in [0.2, 0.25) is 0 Å². The lowest BCUT2D eigenvalue weighted by Gasteiger charge is -2.25. The fourth-order valence-electron chi connectivity index (χ4n) is 1.84. The first kappa shape index (κ1) is 10.2. The molecule has 0 aliphatic heterocycles. The van der Waals surface area contributed by atoms with Gasteiger partial charge in [-0.25, -0.2) is 9.50 Å². The monoisotopic (exact) mass is 280 g/mol. The van der Waals surface area contributed by atoms with Crippen molar-refractivity contribution in [2.45, 2.75) is 31.8 Å². The van der Waals surface area contributed by atoms with Crippen molar-refractivity contribution in [2.24, 2.45) is 0 Å². The summed E-state index contributed by atoms with van der Waals surface area (Å²) in [4.78, 5) is 4.49. The van der Waals surface area contributed by atoms with Gasteiger partial charge in [-0.05, 0) is 40.9 Å². The predicted octanol–water partition coefficient (Wildman–Crippen LogP) is 2.13. The minimum absolute atomic E-state index is 0.676. The van der Waals surface area contributed by atoms with Crippen LogP contribution in [-0.2, 0) is 6.54 Å². The molecule has 1 fully saturated rings. The van der Waals surface area contributed by atoms with Gasteiger partial charge < -0.3 is 5.32 Å². The molecular weight excluding hydrogens is 268 g/mol. The van der Waals surface area contributed by atoms with E-state index in [-0.39, 0.29) is 0 Å². The number of pyridine rings is 1. The van der Waals surface area contributed by atoms with Gasteiger partial charge in [0.15, 0.2) is 11.5 Å². The van der Waals surface area contributed by atoms with Crippen LogP contribution in [0.3, 0.4) is 0 Å². The van der Waals surface area contributed by atoms with Crippen molar-refractivity contribution in [3.8, 4) is 0 Å². The second-order valence-electron chi connectivity index (χ2n) is 4.16. The van der Waals surface area contributed by atoms with Gasteiger partial charge in [0.1, 0.15) is 0 Å². The molecule has 1 N–H and O–H groups in total. The Bertz CT molecular complexity index is 504. The SMILES string of the molecule is Brc1cccn2nc(CNC3CCC3)nc12. The predicted molar refractivity (Wildman–Crippen MR) is 65.2 cm³/mol. The van der Waals surface area contributed by atoms with Crippen LogP contribution in [0.15, 0.2) is 22.8 Å². The molecule has 4 nitrogen and oxygen atoms in total. The molecular formula is C11H13BrN4. The average Bonchev–Trinajstić information content (AvgIpc) is 2.60. The highest BCUT2D eigenvalue weighted by molar-refractivity contribution is 9.10. The Kier molecular flexibility index (Phi) is 2.65. The Morgan fingerprint density at radius 2 is 2.38 bits per heavy atom. The molecule has 0 bridgehead atoms. The van der Waals surface area contributed by atoms with E-state index < -0.39 is 0 Å². The molecule has 1 aliphatic carbocycles. The summed E-state index contributed by atoms with van der Waals surface area (Å²) in [5.41, 5.74) is 0.882. The standard InChI is InChI=1S/C11H13BrN4/c12-9-5-2-6-16-11(9)14-10(15-16)7-13-8-3-1-4-8/h2,5-6,8,13H,1,3-4,7H2. The highest BCUT2D eigenvalue weighted by Crippen LogP contribution is 2.19. The van der Waals surface area contributed by atoms with Crippen molar-refractivity contribution >= 4 is 21.6 Å². The van der Waals surface area contributed by atoms with Crippen molar-refractivity contribution in [3.63, 3.8) is 0 Å². The normalized spacial score (nSPS) is 16.6. The maximum atomic E-state index is 4.49. The Morgan fingerprint density at radius 1 is 1.50 bits per heavy atom. The summed E-state index contributed by atoms with van der Waals surface area (Å²) in [6, 6.07) is 4.61. The van der Waals surface area contributed by atoms with E-state index in [0.717, 1.165) is 22.5 Å². The Balaban J connectivity index is 1.79. The Morgan fingerprint density at radius 3 is 3.06 bits per heavy atom. The molecule has 3 rings (SSSR count). The van der Waals surface area contributed by atoms with E-state index in [1.54, 1.807) is 0 Å². The van der Waals surface area contributed by atoms with Gasteiger partial charge in [0.05, 0.1) is 11.0 Å². The quantitative estimate of drug-likeness (QED) is 0.937. The molecule has 0 spiro atoms. The van der Waals surface area contributed by atoms with Gasteiger partial charge in [0.2, 0.25) is 0 Å². The van der Waals surface area contributed by atoms with Crippen LogP contribution in [0.4, 0.5) is 0 Å². The maximum absolute atomic E-state index is 4.49. The molecule has 0 unspecified atom stereocenters. The van der Waals surface area contributed by atoms with Crippen molar-refractivity contribution in [3.05, 3.63) is 28.6 Å². The van der Waals surface area contributed by atoms with Crippen molar-refractivity contribution in [1.82, 2.24) is 19.9 Å².